The molecule has 0 saturated carbocycles. The maximum atomic E-state index is 5.14. The summed E-state index contributed by atoms with van der Waals surface area (Å²) in [7, 11) is 0. The highest BCUT2D eigenvalue weighted by atomic mass is 32.1. The number of hydrogen-bond acceptors (Lipinski definition) is 4. The van der Waals surface area contributed by atoms with E-state index in [1.54, 1.807) is 11.3 Å². The van der Waals surface area contributed by atoms with Gasteiger partial charge < -0.3 is 17.2 Å². The molecule has 0 atom stereocenters. The SMILES string of the molecule is CCCn1c([S-])nnc1-c1csc(C)c1. The predicted octanol–water partition coefficient (Wildman–Crippen LogP) is 2.63. The molecule has 2 aromatic heterocycles. The van der Waals surface area contributed by atoms with Crippen LogP contribution in [-0.4, -0.2) is 14.8 Å². The second kappa shape index (κ2) is 4.28. The highest BCUT2D eigenvalue weighted by Crippen LogP contribution is 2.24. The fraction of sp³-hybridized carbons (Fsp3) is 0.400. The van der Waals surface area contributed by atoms with Gasteiger partial charge in [-0.15, -0.1) is 16.4 Å². The molecule has 0 N–H and O–H groups in total. The van der Waals surface area contributed by atoms with Crippen molar-refractivity contribution in [2.24, 2.45) is 0 Å². The molecule has 0 amide bonds. The molecule has 0 bridgehead atoms. The first kappa shape index (κ1) is 10.6. The zero-order valence-electron chi connectivity index (χ0n) is 8.73. The van der Waals surface area contributed by atoms with Crippen LogP contribution in [0.1, 0.15) is 18.2 Å². The van der Waals surface area contributed by atoms with E-state index in [4.69, 9.17) is 12.6 Å². The third-order valence-corrected chi connectivity index (χ3v) is 3.32. The highest BCUT2D eigenvalue weighted by Gasteiger charge is 2.08. The fourth-order valence-electron chi connectivity index (χ4n) is 1.49. The van der Waals surface area contributed by atoms with E-state index in [9.17, 15) is 0 Å². The molecule has 2 rings (SSSR count). The van der Waals surface area contributed by atoms with Gasteiger partial charge >= 0.3 is 0 Å². The molecule has 0 aliphatic rings. The number of rotatable bonds is 3. The molecule has 80 valence electrons. The van der Waals surface area contributed by atoms with Crippen LogP contribution in [0.5, 0.6) is 0 Å². The molecule has 0 fully saturated rings. The second-order valence-electron chi connectivity index (χ2n) is 3.40. The van der Waals surface area contributed by atoms with Crippen LogP contribution in [0, 0.1) is 6.92 Å². The van der Waals surface area contributed by atoms with Gasteiger partial charge in [0.05, 0.1) is 0 Å². The molecule has 2 aromatic rings. The molecule has 0 aromatic carbocycles. The molecule has 3 nitrogen and oxygen atoms in total. The quantitative estimate of drug-likeness (QED) is 0.770. The van der Waals surface area contributed by atoms with Gasteiger partial charge in [-0.3, -0.25) is 0 Å². The van der Waals surface area contributed by atoms with E-state index in [1.807, 2.05) is 4.57 Å². The summed E-state index contributed by atoms with van der Waals surface area (Å²) in [6, 6.07) is 2.12. The number of aryl methyl sites for hydroxylation is 1. The van der Waals surface area contributed by atoms with Gasteiger partial charge in [-0.25, -0.2) is 0 Å². The molecular weight excluding hydrogens is 226 g/mol. The van der Waals surface area contributed by atoms with E-state index in [1.165, 1.54) is 4.88 Å². The first-order valence-electron chi connectivity index (χ1n) is 4.88. The summed E-state index contributed by atoms with van der Waals surface area (Å²) in [5, 5.41) is 10.8. The minimum Gasteiger partial charge on any atom is -0.740 e. The highest BCUT2D eigenvalue weighted by molar-refractivity contribution is 7.58. The lowest BCUT2D eigenvalue weighted by atomic mass is 10.3. The minimum atomic E-state index is 0.579. The second-order valence-corrected chi connectivity index (χ2v) is 4.88. The van der Waals surface area contributed by atoms with Crippen LogP contribution in [0.15, 0.2) is 16.6 Å². The van der Waals surface area contributed by atoms with Crippen molar-refractivity contribution < 1.29 is 0 Å². The van der Waals surface area contributed by atoms with Gasteiger partial charge in [-0.05, 0) is 19.4 Å². The number of hydrogen-bond donors (Lipinski definition) is 0. The molecule has 5 heteroatoms. The van der Waals surface area contributed by atoms with Crippen LogP contribution in [0.2, 0.25) is 0 Å². The molecule has 0 unspecified atom stereocenters. The average molecular weight is 238 g/mol. The predicted molar refractivity (Wildman–Crippen MR) is 64.0 cm³/mol. The van der Waals surface area contributed by atoms with Crippen LogP contribution in [-0.2, 0) is 19.2 Å². The number of thiophene rings is 1. The van der Waals surface area contributed by atoms with Crippen molar-refractivity contribution in [3.8, 4) is 11.4 Å². The van der Waals surface area contributed by atoms with Gasteiger partial charge in [-0.1, -0.05) is 6.92 Å². The summed E-state index contributed by atoms with van der Waals surface area (Å²) < 4.78 is 2.00. The van der Waals surface area contributed by atoms with Crippen molar-refractivity contribution in [3.05, 3.63) is 16.3 Å². The Labute approximate surface area is 98.6 Å². The van der Waals surface area contributed by atoms with Gasteiger partial charge in [0.25, 0.3) is 0 Å². The lowest BCUT2D eigenvalue weighted by Crippen LogP contribution is -2.01. The smallest absolute Gasteiger partial charge is 0.163 e. The molecule has 0 aliphatic carbocycles. The Balaban J connectivity index is 2.43. The van der Waals surface area contributed by atoms with Crippen LogP contribution < -0.4 is 0 Å². The summed E-state index contributed by atoms with van der Waals surface area (Å²) >= 11 is 6.86. The van der Waals surface area contributed by atoms with E-state index < -0.39 is 0 Å². The summed E-state index contributed by atoms with van der Waals surface area (Å²) in [6.07, 6.45) is 1.04. The Bertz CT molecular complexity index is 459. The van der Waals surface area contributed by atoms with Crippen LogP contribution in [0.25, 0.3) is 11.4 Å². The molecule has 0 spiro atoms. The van der Waals surface area contributed by atoms with Crippen molar-refractivity contribution in [3.63, 3.8) is 0 Å². The Morgan fingerprint density at radius 2 is 2.27 bits per heavy atom. The Morgan fingerprint density at radius 3 is 2.87 bits per heavy atom. The zero-order chi connectivity index (χ0) is 10.8. The van der Waals surface area contributed by atoms with E-state index in [0.29, 0.717) is 5.16 Å². The number of nitrogens with zero attached hydrogens (tertiary/aromatic N) is 3. The maximum Gasteiger partial charge on any atom is 0.163 e. The van der Waals surface area contributed by atoms with Crippen molar-refractivity contribution >= 4 is 24.0 Å². The van der Waals surface area contributed by atoms with E-state index in [-0.39, 0.29) is 0 Å². The average Bonchev–Trinajstić information content (AvgIpc) is 2.76. The molecule has 0 radical (unpaired) electrons. The summed E-state index contributed by atoms with van der Waals surface area (Å²) in [5.74, 6) is 0.895. The first-order valence-corrected chi connectivity index (χ1v) is 6.17. The van der Waals surface area contributed by atoms with Crippen LogP contribution in [0.4, 0.5) is 0 Å². The molecule has 15 heavy (non-hydrogen) atoms. The van der Waals surface area contributed by atoms with Gasteiger partial charge in [0.15, 0.2) is 5.82 Å². The van der Waals surface area contributed by atoms with Gasteiger partial charge in [0, 0.05) is 27.5 Å². The third-order valence-electron chi connectivity index (χ3n) is 2.15. The molecular formula is C10H12N3S2-. The lowest BCUT2D eigenvalue weighted by Gasteiger charge is -2.10. The standard InChI is InChI=1S/C10H13N3S2/c1-3-4-13-9(11-12-10(13)14)8-5-7(2)15-6-8/h5-6H,3-4H2,1-2H3,(H,12,14)/p-1. The maximum absolute atomic E-state index is 5.14. The molecule has 0 saturated heterocycles. The zero-order valence-corrected chi connectivity index (χ0v) is 10.4. The van der Waals surface area contributed by atoms with Gasteiger partial charge in [0.2, 0.25) is 0 Å². The molecule has 2 heterocycles. The number of aromatic nitrogens is 3. The van der Waals surface area contributed by atoms with Gasteiger partial charge in [0.1, 0.15) is 0 Å². The summed E-state index contributed by atoms with van der Waals surface area (Å²) in [6.45, 7) is 5.09. The third kappa shape index (κ3) is 2.03. The lowest BCUT2D eigenvalue weighted by molar-refractivity contribution is 0.627. The van der Waals surface area contributed by atoms with Gasteiger partial charge in [-0.2, -0.15) is 5.10 Å². The van der Waals surface area contributed by atoms with Crippen molar-refractivity contribution in [2.75, 3.05) is 0 Å². The van der Waals surface area contributed by atoms with E-state index >= 15 is 0 Å². The molecule has 0 aliphatic heterocycles. The van der Waals surface area contributed by atoms with E-state index in [2.05, 4.69) is 35.5 Å². The Morgan fingerprint density at radius 1 is 1.47 bits per heavy atom. The Hall–Kier alpha value is -0.940. The largest absolute Gasteiger partial charge is 0.740 e. The van der Waals surface area contributed by atoms with Crippen molar-refractivity contribution in [1.82, 2.24) is 14.8 Å². The topological polar surface area (TPSA) is 30.7 Å². The normalized spacial score (nSPS) is 10.8. The fourth-order valence-corrected chi connectivity index (χ4v) is 2.39. The van der Waals surface area contributed by atoms with E-state index in [0.717, 1.165) is 24.4 Å². The van der Waals surface area contributed by atoms with Crippen LogP contribution >= 0.6 is 11.3 Å². The summed E-state index contributed by atoms with van der Waals surface area (Å²) in [4.78, 5) is 1.28. The monoisotopic (exact) mass is 238 g/mol. The first-order chi connectivity index (χ1) is 7.22. The van der Waals surface area contributed by atoms with Crippen molar-refractivity contribution in [2.45, 2.75) is 32.0 Å². The van der Waals surface area contributed by atoms with Crippen LogP contribution in [0.3, 0.4) is 0 Å². The Kier molecular flexibility index (Phi) is 3.02. The summed E-state index contributed by atoms with van der Waals surface area (Å²) in [5.41, 5.74) is 1.12. The minimum absolute atomic E-state index is 0.579. The van der Waals surface area contributed by atoms with Crippen molar-refractivity contribution in [1.29, 1.82) is 0 Å².